The van der Waals surface area contributed by atoms with Gasteiger partial charge in [-0.2, -0.15) is 0 Å². The minimum atomic E-state index is -0.797. The fourth-order valence-electron chi connectivity index (χ4n) is 1.62. The molecule has 108 valence electrons. The summed E-state index contributed by atoms with van der Waals surface area (Å²) in [6.45, 7) is 0. The van der Waals surface area contributed by atoms with Gasteiger partial charge in [-0.15, -0.1) is 0 Å². The highest BCUT2D eigenvalue weighted by molar-refractivity contribution is 9.11. The Bertz CT molecular complexity index is 737. The molecular formula is C13H7Br2FN2O3. The van der Waals surface area contributed by atoms with Gasteiger partial charge in [0.25, 0.3) is 11.6 Å². The van der Waals surface area contributed by atoms with E-state index in [2.05, 4.69) is 37.2 Å². The number of anilines is 1. The Labute approximate surface area is 135 Å². The smallest absolute Gasteiger partial charge is 0.274 e. The van der Waals surface area contributed by atoms with Crippen LogP contribution in [0, 0.1) is 15.9 Å². The largest absolute Gasteiger partial charge is 0.322 e. The van der Waals surface area contributed by atoms with E-state index in [4.69, 9.17) is 0 Å². The number of nitro benzene ring substituents is 1. The highest BCUT2D eigenvalue weighted by Crippen LogP contribution is 2.24. The molecule has 0 fully saturated rings. The monoisotopic (exact) mass is 416 g/mol. The van der Waals surface area contributed by atoms with Crippen molar-refractivity contribution in [2.45, 2.75) is 0 Å². The van der Waals surface area contributed by atoms with E-state index in [1.54, 1.807) is 18.2 Å². The van der Waals surface area contributed by atoms with Gasteiger partial charge in [-0.3, -0.25) is 14.9 Å². The quantitative estimate of drug-likeness (QED) is 0.589. The third-order valence-electron chi connectivity index (χ3n) is 2.53. The van der Waals surface area contributed by atoms with Crippen LogP contribution in [0.15, 0.2) is 45.3 Å². The first-order valence-electron chi connectivity index (χ1n) is 5.58. The Morgan fingerprint density at radius 1 is 1.19 bits per heavy atom. The lowest BCUT2D eigenvalue weighted by Crippen LogP contribution is -2.13. The fraction of sp³-hybridized carbons (Fsp3) is 0. The number of nitro groups is 1. The third kappa shape index (κ3) is 3.85. The molecule has 0 atom stereocenters. The number of nitrogens with zero attached hydrogens (tertiary/aromatic N) is 1. The van der Waals surface area contributed by atoms with Crippen LogP contribution in [-0.2, 0) is 0 Å². The number of halogens is 3. The van der Waals surface area contributed by atoms with Gasteiger partial charge in [0.15, 0.2) is 0 Å². The number of hydrogen-bond donors (Lipinski definition) is 1. The zero-order valence-electron chi connectivity index (χ0n) is 10.3. The fourth-order valence-corrected chi connectivity index (χ4v) is 2.85. The van der Waals surface area contributed by atoms with E-state index in [9.17, 15) is 19.3 Å². The van der Waals surface area contributed by atoms with E-state index < -0.39 is 22.3 Å². The predicted molar refractivity (Wildman–Crippen MR) is 82.8 cm³/mol. The number of benzene rings is 2. The van der Waals surface area contributed by atoms with Crippen LogP contribution >= 0.6 is 31.9 Å². The van der Waals surface area contributed by atoms with Gasteiger partial charge >= 0.3 is 0 Å². The van der Waals surface area contributed by atoms with Crippen LogP contribution in [0.2, 0.25) is 0 Å². The van der Waals surface area contributed by atoms with Crippen molar-refractivity contribution in [3.05, 3.63) is 66.8 Å². The molecule has 8 heteroatoms. The van der Waals surface area contributed by atoms with E-state index in [0.29, 0.717) is 10.0 Å². The molecule has 2 aromatic rings. The lowest BCUT2D eigenvalue weighted by molar-refractivity contribution is -0.385. The second-order valence-electron chi connectivity index (χ2n) is 4.03. The van der Waals surface area contributed by atoms with E-state index in [1.165, 1.54) is 0 Å². The lowest BCUT2D eigenvalue weighted by Gasteiger charge is -2.07. The predicted octanol–water partition coefficient (Wildman–Crippen LogP) is 4.51. The Hall–Kier alpha value is -1.80. The summed E-state index contributed by atoms with van der Waals surface area (Å²) in [4.78, 5) is 22.0. The minimum absolute atomic E-state index is 0.0153. The molecule has 0 radical (unpaired) electrons. The van der Waals surface area contributed by atoms with E-state index in [1.807, 2.05) is 0 Å². The number of nitrogens with one attached hydrogen (secondary N) is 1. The number of amides is 1. The molecule has 0 bridgehead atoms. The first-order chi connectivity index (χ1) is 9.86. The van der Waals surface area contributed by atoms with Gasteiger partial charge < -0.3 is 5.32 Å². The minimum Gasteiger partial charge on any atom is -0.322 e. The lowest BCUT2D eigenvalue weighted by atomic mass is 10.2. The Morgan fingerprint density at radius 2 is 1.90 bits per heavy atom. The third-order valence-corrected chi connectivity index (χ3v) is 3.68. The van der Waals surface area contributed by atoms with Crippen molar-refractivity contribution in [2.24, 2.45) is 0 Å². The van der Waals surface area contributed by atoms with E-state index in [0.717, 1.165) is 22.7 Å². The molecular weight excluding hydrogens is 411 g/mol. The van der Waals surface area contributed by atoms with Crippen LogP contribution in [0.3, 0.4) is 0 Å². The second-order valence-corrected chi connectivity index (χ2v) is 5.80. The first kappa shape index (κ1) is 15.6. The van der Waals surface area contributed by atoms with Gasteiger partial charge in [-0.05, 0) is 40.2 Å². The summed E-state index contributed by atoms with van der Waals surface area (Å²) >= 11 is 6.50. The average molecular weight is 418 g/mol. The summed E-state index contributed by atoms with van der Waals surface area (Å²) in [5.41, 5.74) is -0.0909. The van der Waals surface area contributed by atoms with Crippen molar-refractivity contribution in [1.82, 2.24) is 0 Å². The Morgan fingerprint density at radius 3 is 2.52 bits per heavy atom. The molecule has 21 heavy (non-hydrogen) atoms. The van der Waals surface area contributed by atoms with Crippen molar-refractivity contribution >= 4 is 49.1 Å². The van der Waals surface area contributed by atoms with Gasteiger partial charge in [0.2, 0.25) is 0 Å². The maximum atomic E-state index is 13.3. The van der Waals surface area contributed by atoms with Gasteiger partial charge in [-0.1, -0.05) is 15.9 Å². The molecule has 0 spiro atoms. The van der Waals surface area contributed by atoms with Gasteiger partial charge in [-0.25, -0.2) is 4.39 Å². The molecule has 0 saturated heterocycles. The molecule has 0 saturated carbocycles. The van der Waals surface area contributed by atoms with Crippen LogP contribution < -0.4 is 5.32 Å². The van der Waals surface area contributed by atoms with Gasteiger partial charge in [0, 0.05) is 15.0 Å². The number of hydrogen-bond acceptors (Lipinski definition) is 3. The molecule has 0 aromatic heterocycles. The average Bonchev–Trinajstić information content (AvgIpc) is 2.37. The Balaban J connectivity index is 2.29. The molecule has 2 aromatic carbocycles. The summed E-state index contributed by atoms with van der Waals surface area (Å²) in [7, 11) is 0. The maximum absolute atomic E-state index is 13.3. The summed E-state index contributed by atoms with van der Waals surface area (Å²) < 4.78 is 14.6. The number of rotatable bonds is 3. The van der Waals surface area contributed by atoms with Crippen molar-refractivity contribution in [2.75, 3.05) is 5.32 Å². The van der Waals surface area contributed by atoms with Crippen LogP contribution in [0.1, 0.15) is 10.4 Å². The molecule has 0 aliphatic rings. The van der Waals surface area contributed by atoms with E-state index >= 15 is 0 Å². The molecule has 0 unspecified atom stereocenters. The molecule has 0 aliphatic carbocycles. The standard InChI is InChI=1S/C13H7Br2FN2O3/c14-7-1-2-11(12(15)3-7)13(19)17-9-4-8(16)5-10(6-9)18(20)21/h1-6H,(H,17,19). The molecule has 2 rings (SSSR count). The number of carbonyl (C=O) groups is 1. The second kappa shape index (κ2) is 6.31. The zero-order chi connectivity index (χ0) is 15.6. The number of carbonyl (C=O) groups excluding carboxylic acids is 1. The molecule has 0 aliphatic heterocycles. The van der Waals surface area contributed by atoms with Crippen LogP contribution in [-0.4, -0.2) is 10.8 Å². The van der Waals surface area contributed by atoms with Crippen molar-refractivity contribution in [1.29, 1.82) is 0 Å². The SMILES string of the molecule is O=C(Nc1cc(F)cc([N+](=O)[O-])c1)c1ccc(Br)cc1Br. The van der Waals surface area contributed by atoms with Crippen molar-refractivity contribution in [3.63, 3.8) is 0 Å². The van der Waals surface area contributed by atoms with Crippen molar-refractivity contribution in [3.8, 4) is 0 Å². The first-order valence-corrected chi connectivity index (χ1v) is 7.17. The molecule has 5 nitrogen and oxygen atoms in total. The summed E-state index contributed by atoms with van der Waals surface area (Å²) in [5, 5.41) is 13.1. The molecule has 1 N–H and O–H groups in total. The zero-order valence-corrected chi connectivity index (χ0v) is 13.4. The van der Waals surface area contributed by atoms with Gasteiger partial charge in [0.05, 0.1) is 22.2 Å². The summed E-state index contributed by atoms with van der Waals surface area (Å²) in [6.07, 6.45) is 0. The summed E-state index contributed by atoms with van der Waals surface area (Å²) in [5.74, 6) is -1.30. The Kier molecular flexibility index (Phi) is 4.69. The van der Waals surface area contributed by atoms with Crippen LogP contribution in [0.4, 0.5) is 15.8 Å². The highest BCUT2D eigenvalue weighted by Gasteiger charge is 2.14. The maximum Gasteiger partial charge on any atom is 0.274 e. The molecule has 0 heterocycles. The van der Waals surface area contributed by atoms with E-state index in [-0.39, 0.29) is 5.69 Å². The van der Waals surface area contributed by atoms with Crippen molar-refractivity contribution < 1.29 is 14.1 Å². The van der Waals surface area contributed by atoms with Gasteiger partial charge in [0.1, 0.15) is 5.82 Å². The van der Waals surface area contributed by atoms with Crippen LogP contribution in [0.25, 0.3) is 0 Å². The molecule has 1 amide bonds. The normalized spacial score (nSPS) is 10.2. The number of non-ortho nitro benzene ring substituents is 1. The summed E-state index contributed by atoms with van der Waals surface area (Å²) in [6, 6.07) is 7.81. The highest BCUT2D eigenvalue weighted by atomic mass is 79.9. The topological polar surface area (TPSA) is 72.2 Å². The van der Waals surface area contributed by atoms with Crippen LogP contribution in [0.5, 0.6) is 0 Å².